The van der Waals surface area contributed by atoms with Gasteiger partial charge in [-0.05, 0) is 25.3 Å². The zero-order chi connectivity index (χ0) is 14.1. The number of hydrogen-bond donors (Lipinski definition) is 2. The minimum Gasteiger partial charge on any atom is -0.353 e. The van der Waals surface area contributed by atoms with E-state index in [4.69, 9.17) is 5.84 Å². The number of aromatic nitrogens is 2. The van der Waals surface area contributed by atoms with Crippen molar-refractivity contribution < 1.29 is 0 Å². The fourth-order valence-electron chi connectivity index (χ4n) is 3.47. The van der Waals surface area contributed by atoms with Gasteiger partial charge in [-0.3, -0.25) is 4.90 Å². The van der Waals surface area contributed by atoms with Crippen molar-refractivity contribution in [2.24, 2.45) is 5.84 Å². The SMILES string of the molecule is CC(C)c1c(NN)ncnc1N1CCN2CCCC2C1. The molecule has 0 aromatic carbocycles. The van der Waals surface area contributed by atoms with Crippen molar-refractivity contribution in [3.8, 4) is 0 Å². The molecule has 2 fully saturated rings. The van der Waals surface area contributed by atoms with Gasteiger partial charge in [0, 0.05) is 31.2 Å². The van der Waals surface area contributed by atoms with E-state index in [0.29, 0.717) is 12.0 Å². The molecule has 3 heterocycles. The summed E-state index contributed by atoms with van der Waals surface area (Å²) in [5.41, 5.74) is 3.84. The predicted molar refractivity (Wildman–Crippen MR) is 80.7 cm³/mol. The van der Waals surface area contributed by atoms with Crippen LogP contribution >= 0.6 is 0 Å². The van der Waals surface area contributed by atoms with E-state index >= 15 is 0 Å². The molecule has 6 heteroatoms. The summed E-state index contributed by atoms with van der Waals surface area (Å²) >= 11 is 0. The standard InChI is InChI=1S/C14H24N6/c1-10(2)12-13(18-15)16-9-17-14(12)20-7-6-19-5-3-4-11(19)8-20/h9-11H,3-8,15H2,1-2H3,(H,16,17,18). The van der Waals surface area contributed by atoms with Crippen LogP contribution in [0.25, 0.3) is 0 Å². The van der Waals surface area contributed by atoms with Crippen LogP contribution in [0.1, 0.15) is 38.2 Å². The van der Waals surface area contributed by atoms with Crippen LogP contribution in [0.2, 0.25) is 0 Å². The third-order valence-corrected chi connectivity index (χ3v) is 4.46. The first-order valence-corrected chi connectivity index (χ1v) is 7.51. The first kappa shape index (κ1) is 13.6. The highest BCUT2D eigenvalue weighted by Crippen LogP contribution is 2.32. The zero-order valence-corrected chi connectivity index (χ0v) is 12.3. The highest BCUT2D eigenvalue weighted by Gasteiger charge is 2.32. The Morgan fingerprint density at radius 3 is 2.90 bits per heavy atom. The van der Waals surface area contributed by atoms with Crippen molar-refractivity contribution in [2.75, 3.05) is 36.5 Å². The van der Waals surface area contributed by atoms with Gasteiger partial charge in [0.15, 0.2) is 0 Å². The van der Waals surface area contributed by atoms with Crippen LogP contribution < -0.4 is 16.2 Å². The Bertz CT molecular complexity index is 475. The molecule has 3 N–H and O–H groups in total. The molecule has 0 amide bonds. The molecule has 1 aromatic heterocycles. The van der Waals surface area contributed by atoms with Crippen LogP contribution in [-0.4, -0.2) is 47.1 Å². The van der Waals surface area contributed by atoms with Gasteiger partial charge < -0.3 is 10.3 Å². The summed E-state index contributed by atoms with van der Waals surface area (Å²) in [5.74, 6) is 7.75. The van der Waals surface area contributed by atoms with Crippen LogP contribution in [0.4, 0.5) is 11.6 Å². The van der Waals surface area contributed by atoms with E-state index < -0.39 is 0 Å². The average Bonchev–Trinajstić information content (AvgIpc) is 2.93. The molecule has 0 bridgehead atoms. The summed E-state index contributed by atoms with van der Waals surface area (Å²) in [5, 5.41) is 0. The molecule has 0 spiro atoms. The number of nitrogens with one attached hydrogen (secondary N) is 1. The Morgan fingerprint density at radius 2 is 2.15 bits per heavy atom. The fourth-order valence-corrected chi connectivity index (χ4v) is 3.47. The lowest BCUT2D eigenvalue weighted by Crippen LogP contribution is -2.50. The van der Waals surface area contributed by atoms with Crippen molar-refractivity contribution in [1.29, 1.82) is 0 Å². The first-order chi connectivity index (χ1) is 9.70. The summed E-state index contributed by atoms with van der Waals surface area (Å²) < 4.78 is 0. The van der Waals surface area contributed by atoms with E-state index in [2.05, 4.69) is 39.0 Å². The lowest BCUT2D eigenvalue weighted by atomic mass is 10.0. The molecule has 6 nitrogen and oxygen atoms in total. The number of nitrogens with two attached hydrogens (primary N) is 1. The smallest absolute Gasteiger partial charge is 0.148 e. The third kappa shape index (κ3) is 2.33. The van der Waals surface area contributed by atoms with Gasteiger partial charge in [-0.25, -0.2) is 15.8 Å². The maximum atomic E-state index is 5.61. The number of piperazine rings is 1. The summed E-state index contributed by atoms with van der Waals surface area (Å²) in [6.45, 7) is 8.83. The maximum Gasteiger partial charge on any atom is 0.148 e. The number of hydrazine groups is 1. The monoisotopic (exact) mass is 276 g/mol. The Labute approximate surface area is 120 Å². The van der Waals surface area contributed by atoms with E-state index in [0.717, 1.165) is 36.8 Å². The molecule has 110 valence electrons. The number of anilines is 2. The van der Waals surface area contributed by atoms with Gasteiger partial charge in [-0.2, -0.15) is 0 Å². The van der Waals surface area contributed by atoms with Gasteiger partial charge in [0.2, 0.25) is 0 Å². The summed E-state index contributed by atoms with van der Waals surface area (Å²) in [6.07, 6.45) is 4.24. The second kappa shape index (κ2) is 5.54. The minimum absolute atomic E-state index is 0.346. The molecule has 1 unspecified atom stereocenters. The molecule has 2 saturated heterocycles. The van der Waals surface area contributed by atoms with Crippen LogP contribution in [0.5, 0.6) is 0 Å². The van der Waals surface area contributed by atoms with Gasteiger partial charge in [-0.15, -0.1) is 0 Å². The number of nitrogen functional groups attached to an aromatic ring is 1. The quantitative estimate of drug-likeness (QED) is 0.638. The Balaban J connectivity index is 1.89. The number of rotatable bonds is 3. The van der Waals surface area contributed by atoms with Crippen LogP contribution in [0.15, 0.2) is 6.33 Å². The molecule has 2 aliphatic heterocycles. The van der Waals surface area contributed by atoms with Crippen LogP contribution in [0.3, 0.4) is 0 Å². The van der Waals surface area contributed by atoms with E-state index in [1.807, 2.05) is 0 Å². The minimum atomic E-state index is 0.346. The van der Waals surface area contributed by atoms with E-state index in [9.17, 15) is 0 Å². The van der Waals surface area contributed by atoms with Crippen LogP contribution in [-0.2, 0) is 0 Å². The van der Waals surface area contributed by atoms with Crippen molar-refractivity contribution in [3.05, 3.63) is 11.9 Å². The zero-order valence-electron chi connectivity index (χ0n) is 12.3. The molecule has 2 aliphatic rings. The fraction of sp³-hybridized carbons (Fsp3) is 0.714. The summed E-state index contributed by atoms with van der Waals surface area (Å²) in [6, 6.07) is 0.688. The van der Waals surface area contributed by atoms with Crippen molar-refractivity contribution in [2.45, 2.75) is 38.6 Å². The van der Waals surface area contributed by atoms with E-state index in [1.54, 1.807) is 6.33 Å². The lowest BCUT2D eigenvalue weighted by molar-refractivity contribution is 0.230. The molecule has 0 saturated carbocycles. The Morgan fingerprint density at radius 1 is 1.30 bits per heavy atom. The molecular weight excluding hydrogens is 252 g/mol. The highest BCUT2D eigenvalue weighted by molar-refractivity contribution is 5.60. The van der Waals surface area contributed by atoms with Crippen molar-refractivity contribution in [3.63, 3.8) is 0 Å². The van der Waals surface area contributed by atoms with E-state index in [-0.39, 0.29) is 0 Å². The molecule has 20 heavy (non-hydrogen) atoms. The summed E-state index contributed by atoms with van der Waals surface area (Å²) in [4.78, 5) is 13.8. The summed E-state index contributed by atoms with van der Waals surface area (Å²) in [7, 11) is 0. The van der Waals surface area contributed by atoms with Crippen molar-refractivity contribution >= 4 is 11.6 Å². The highest BCUT2D eigenvalue weighted by atomic mass is 15.3. The van der Waals surface area contributed by atoms with Crippen molar-refractivity contribution in [1.82, 2.24) is 14.9 Å². The normalized spacial score (nSPS) is 23.2. The second-order valence-corrected chi connectivity index (χ2v) is 6.04. The molecule has 0 radical (unpaired) electrons. The molecule has 3 rings (SSSR count). The molecular formula is C14H24N6. The predicted octanol–water partition coefficient (Wildman–Crippen LogP) is 1.17. The van der Waals surface area contributed by atoms with E-state index in [1.165, 1.54) is 19.4 Å². The number of fused-ring (bicyclic) bond motifs is 1. The Hall–Kier alpha value is -1.40. The van der Waals surface area contributed by atoms with Gasteiger partial charge >= 0.3 is 0 Å². The second-order valence-electron chi connectivity index (χ2n) is 6.04. The largest absolute Gasteiger partial charge is 0.353 e. The number of hydrogen-bond acceptors (Lipinski definition) is 6. The molecule has 1 aromatic rings. The third-order valence-electron chi connectivity index (χ3n) is 4.46. The lowest BCUT2D eigenvalue weighted by Gasteiger charge is -2.39. The molecule has 0 aliphatic carbocycles. The Kier molecular flexibility index (Phi) is 3.76. The van der Waals surface area contributed by atoms with Gasteiger partial charge in [0.1, 0.15) is 18.0 Å². The average molecular weight is 276 g/mol. The van der Waals surface area contributed by atoms with Crippen LogP contribution in [0, 0.1) is 0 Å². The topological polar surface area (TPSA) is 70.3 Å². The van der Waals surface area contributed by atoms with Gasteiger partial charge in [-0.1, -0.05) is 13.8 Å². The molecule has 1 atom stereocenters. The first-order valence-electron chi connectivity index (χ1n) is 7.51. The van der Waals surface area contributed by atoms with Gasteiger partial charge in [0.25, 0.3) is 0 Å². The maximum absolute atomic E-state index is 5.61. The number of nitrogens with zero attached hydrogens (tertiary/aromatic N) is 4. The van der Waals surface area contributed by atoms with Gasteiger partial charge in [0.05, 0.1) is 0 Å².